The first-order valence-electron chi connectivity index (χ1n) is 5.29. The molecule has 1 heterocycles. The number of hydrogen-bond donors (Lipinski definition) is 1. The second kappa shape index (κ2) is 6.26. The van der Waals surface area contributed by atoms with Crippen LogP contribution in [0.3, 0.4) is 0 Å². The summed E-state index contributed by atoms with van der Waals surface area (Å²) in [5, 5.41) is 0. The Kier molecular flexibility index (Phi) is 5.49. The average Bonchev–Trinajstić information content (AvgIpc) is 2.13. The lowest BCUT2D eigenvalue weighted by Crippen LogP contribution is -2.44. The summed E-state index contributed by atoms with van der Waals surface area (Å²) in [6.45, 7) is 2.23. The quantitative estimate of drug-likeness (QED) is 0.469. The van der Waals surface area contributed by atoms with E-state index in [1.54, 1.807) is 0 Å². The minimum atomic E-state index is -4.29. The first-order valence-corrected chi connectivity index (χ1v) is 8.72. The SMILES string of the molecule is CS(=O)(=O)OC(CN1CCOCC1)CS(=O)(=O)O. The molecule has 1 N–H and O–H groups in total. The Labute approximate surface area is 107 Å². The van der Waals surface area contributed by atoms with E-state index in [-0.39, 0.29) is 6.54 Å². The lowest BCUT2D eigenvalue weighted by Gasteiger charge is -2.29. The van der Waals surface area contributed by atoms with Crippen LogP contribution in [0.5, 0.6) is 0 Å². The van der Waals surface area contributed by atoms with Crippen LogP contribution in [-0.4, -0.2) is 77.2 Å². The highest BCUT2D eigenvalue weighted by Gasteiger charge is 2.25. The van der Waals surface area contributed by atoms with Crippen molar-refractivity contribution in [2.45, 2.75) is 6.10 Å². The highest BCUT2D eigenvalue weighted by atomic mass is 32.2. The second-order valence-electron chi connectivity index (χ2n) is 4.08. The molecule has 0 aromatic heterocycles. The third-order valence-corrected chi connectivity index (χ3v) is 3.69. The van der Waals surface area contributed by atoms with Crippen LogP contribution in [0.4, 0.5) is 0 Å². The molecule has 10 heteroatoms. The molecule has 8 nitrogen and oxygen atoms in total. The van der Waals surface area contributed by atoms with E-state index in [1.807, 2.05) is 4.90 Å². The van der Waals surface area contributed by atoms with Crippen molar-refractivity contribution in [2.24, 2.45) is 0 Å². The van der Waals surface area contributed by atoms with Gasteiger partial charge in [0.15, 0.2) is 0 Å². The van der Waals surface area contributed by atoms with Gasteiger partial charge in [-0.3, -0.25) is 13.6 Å². The minimum absolute atomic E-state index is 0.107. The molecule has 0 aromatic rings. The van der Waals surface area contributed by atoms with E-state index < -0.39 is 32.1 Å². The van der Waals surface area contributed by atoms with E-state index in [9.17, 15) is 16.8 Å². The van der Waals surface area contributed by atoms with Crippen molar-refractivity contribution in [3.8, 4) is 0 Å². The summed E-state index contributed by atoms with van der Waals surface area (Å²) >= 11 is 0. The van der Waals surface area contributed by atoms with Crippen molar-refractivity contribution >= 4 is 20.2 Å². The molecular weight excluding hydrogens is 286 g/mol. The molecule has 108 valence electrons. The fourth-order valence-electron chi connectivity index (χ4n) is 1.66. The van der Waals surface area contributed by atoms with Crippen molar-refractivity contribution < 1.29 is 30.3 Å². The Morgan fingerprint density at radius 3 is 2.28 bits per heavy atom. The number of rotatable bonds is 6. The van der Waals surface area contributed by atoms with E-state index >= 15 is 0 Å². The molecule has 1 fully saturated rings. The topological polar surface area (TPSA) is 110 Å². The van der Waals surface area contributed by atoms with Gasteiger partial charge in [-0.2, -0.15) is 16.8 Å². The third kappa shape index (κ3) is 7.24. The predicted octanol–water partition coefficient (Wildman–Crippen LogP) is -1.45. The smallest absolute Gasteiger partial charge is 0.267 e. The third-order valence-electron chi connectivity index (χ3n) is 2.27. The highest BCUT2D eigenvalue weighted by molar-refractivity contribution is 7.86. The van der Waals surface area contributed by atoms with Gasteiger partial charge in [0.2, 0.25) is 0 Å². The van der Waals surface area contributed by atoms with Gasteiger partial charge in [0, 0.05) is 19.6 Å². The van der Waals surface area contributed by atoms with Crippen molar-refractivity contribution in [1.29, 1.82) is 0 Å². The largest absolute Gasteiger partial charge is 0.379 e. The van der Waals surface area contributed by atoms with Crippen LogP contribution in [0.25, 0.3) is 0 Å². The van der Waals surface area contributed by atoms with Crippen molar-refractivity contribution in [1.82, 2.24) is 4.90 Å². The van der Waals surface area contributed by atoms with Crippen molar-refractivity contribution in [3.63, 3.8) is 0 Å². The van der Waals surface area contributed by atoms with Crippen LogP contribution in [0, 0.1) is 0 Å². The normalized spacial score (nSPS) is 20.8. The van der Waals surface area contributed by atoms with Gasteiger partial charge in [-0.25, -0.2) is 0 Å². The number of hydrogen-bond acceptors (Lipinski definition) is 7. The molecule has 1 saturated heterocycles. The molecule has 0 amide bonds. The van der Waals surface area contributed by atoms with Crippen molar-refractivity contribution in [2.75, 3.05) is 44.9 Å². The minimum Gasteiger partial charge on any atom is -0.379 e. The van der Waals surface area contributed by atoms with Gasteiger partial charge in [0.25, 0.3) is 20.2 Å². The zero-order chi connectivity index (χ0) is 13.8. The van der Waals surface area contributed by atoms with Crippen LogP contribution < -0.4 is 0 Å². The van der Waals surface area contributed by atoms with Gasteiger partial charge < -0.3 is 4.74 Å². The summed E-state index contributed by atoms with van der Waals surface area (Å²) in [5.74, 6) is -0.753. The van der Waals surface area contributed by atoms with E-state index in [1.165, 1.54) is 0 Å². The van der Waals surface area contributed by atoms with Crippen LogP contribution in [0.1, 0.15) is 0 Å². The molecule has 1 aliphatic rings. The molecule has 0 radical (unpaired) electrons. The van der Waals surface area contributed by atoms with Gasteiger partial charge in [-0.05, 0) is 0 Å². The molecule has 0 saturated carbocycles. The molecule has 1 atom stereocenters. The summed E-state index contributed by atoms with van der Waals surface area (Å²) in [4.78, 5) is 1.82. The number of nitrogens with zero attached hydrogens (tertiary/aromatic N) is 1. The zero-order valence-corrected chi connectivity index (χ0v) is 11.6. The maximum atomic E-state index is 11.0. The molecule has 18 heavy (non-hydrogen) atoms. The van der Waals surface area contributed by atoms with Gasteiger partial charge >= 0.3 is 0 Å². The van der Waals surface area contributed by atoms with E-state index in [2.05, 4.69) is 4.18 Å². The number of ether oxygens (including phenoxy) is 1. The fraction of sp³-hybridized carbons (Fsp3) is 1.00. The molecule has 0 aromatic carbocycles. The average molecular weight is 303 g/mol. The lowest BCUT2D eigenvalue weighted by molar-refractivity contribution is 0.0231. The van der Waals surface area contributed by atoms with Crippen LogP contribution in [-0.2, 0) is 29.2 Å². The summed E-state index contributed by atoms with van der Waals surface area (Å²) in [7, 11) is -8.07. The molecular formula is C8H17NO7S2. The predicted molar refractivity (Wildman–Crippen MR) is 63.4 cm³/mol. The molecule has 0 aliphatic carbocycles. The van der Waals surface area contributed by atoms with Crippen LogP contribution in [0.2, 0.25) is 0 Å². The summed E-state index contributed by atoms with van der Waals surface area (Å²) in [5.41, 5.74) is 0. The van der Waals surface area contributed by atoms with Crippen LogP contribution >= 0.6 is 0 Å². The summed E-state index contributed by atoms with van der Waals surface area (Å²) < 4.78 is 62.2. The second-order valence-corrected chi connectivity index (χ2v) is 7.18. The Balaban J connectivity index is 2.64. The van der Waals surface area contributed by atoms with Gasteiger partial charge in [0.1, 0.15) is 11.9 Å². The maximum Gasteiger partial charge on any atom is 0.267 e. The Morgan fingerprint density at radius 2 is 1.83 bits per heavy atom. The molecule has 0 spiro atoms. The zero-order valence-electron chi connectivity index (χ0n) is 9.98. The molecule has 1 rings (SSSR count). The first-order chi connectivity index (χ1) is 8.16. The lowest BCUT2D eigenvalue weighted by atomic mass is 10.3. The maximum absolute atomic E-state index is 11.0. The Hall–Kier alpha value is -0.260. The summed E-state index contributed by atoms with van der Waals surface area (Å²) in [6, 6.07) is 0. The Bertz CT molecular complexity index is 418. The van der Waals surface area contributed by atoms with E-state index in [0.717, 1.165) is 6.26 Å². The fourth-order valence-corrected chi connectivity index (χ4v) is 3.02. The van der Waals surface area contributed by atoms with Crippen LogP contribution in [0.15, 0.2) is 0 Å². The van der Waals surface area contributed by atoms with Gasteiger partial charge in [-0.1, -0.05) is 0 Å². The Morgan fingerprint density at radius 1 is 1.28 bits per heavy atom. The monoisotopic (exact) mass is 303 g/mol. The highest BCUT2D eigenvalue weighted by Crippen LogP contribution is 2.06. The number of morpholine rings is 1. The summed E-state index contributed by atoms with van der Waals surface area (Å²) in [6.07, 6.45) is -0.281. The molecule has 1 unspecified atom stereocenters. The van der Waals surface area contributed by atoms with E-state index in [4.69, 9.17) is 9.29 Å². The molecule has 0 bridgehead atoms. The van der Waals surface area contributed by atoms with Gasteiger partial charge in [0.05, 0.1) is 19.5 Å². The molecule has 1 aliphatic heterocycles. The van der Waals surface area contributed by atoms with E-state index in [0.29, 0.717) is 26.3 Å². The van der Waals surface area contributed by atoms with Gasteiger partial charge in [-0.15, -0.1) is 0 Å². The van der Waals surface area contributed by atoms with Crippen molar-refractivity contribution in [3.05, 3.63) is 0 Å². The first kappa shape index (κ1) is 15.8. The standard InChI is InChI=1S/C8H17NO7S2/c1-17(10,11)16-8(7-18(12,13)14)6-9-2-4-15-5-3-9/h8H,2-7H2,1H3,(H,12,13,14).